The molecule has 0 aliphatic heterocycles. The van der Waals surface area contributed by atoms with Gasteiger partial charge in [0.2, 0.25) is 0 Å². The molecule has 0 unspecified atom stereocenters. The first-order chi connectivity index (χ1) is 17.7. The van der Waals surface area contributed by atoms with Crippen LogP contribution in [0.15, 0.2) is 47.7 Å². The predicted molar refractivity (Wildman–Crippen MR) is 129 cm³/mol. The largest absolute Gasteiger partial charge is 0.447 e. The average molecular weight is 550 g/mol. The van der Waals surface area contributed by atoms with E-state index < -0.39 is 45.4 Å². The molecule has 0 aliphatic rings. The molecule has 0 atom stereocenters. The highest BCUT2D eigenvalue weighted by atomic mass is 35.5. The lowest BCUT2D eigenvalue weighted by atomic mass is 10.1. The van der Waals surface area contributed by atoms with Crippen LogP contribution in [0.2, 0.25) is 5.02 Å². The van der Waals surface area contributed by atoms with Crippen molar-refractivity contribution in [2.75, 3.05) is 0 Å². The first-order valence-electron chi connectivity index (χ1n) is 11.0. The van der Waals surface area contributed by atoms with Gasteiger partial charge in [-0.25, -0.2) is 23.7 Å². The summed E-state index contributed by atoms with van der Waals surface area (Å²) >= 11 is 6.13. The van der Waals surface area contributed by atoms with Gasteiger partial charge in [0.1, 0.15) is 16.4 Å². The first-order valence-corrected chi connectivity index (χ1v) is 11.4. The molecule has 4 rings (SSSR count). The van der Waals surface area contributed by atoms with E-state index in [1.165, 1.54) is 37.7 Å². The molecular formula is C25H20ClF4N5O3. The maximum atomic E-state index is 14.7. The van der Waals surface area contributed by atoms with Crippen molar-refractivity contribution in [3.8, 4) is 22.8 Å². The van der Waals surface area contributed by atoms with Crippen molar-refractivity contribution in [2.24, 2.45) is 0 Å². The summed E-state index contributed by atoms with van der Waals surface area (Å²) < 4.78 is 62.1. The summed E-state index contributed by atoms with van der Waals surface area (Å²) in [5, 5.41) is 9.53. The Bertz CT molecular complexity index is 1610. The minimum Gasteiger partial charge on any atom is -0.426 e. The van der Waals surface area contributed by atoms with E-state index in [0.717, 1.165) is 6.07 Å². The minimum atomic E-state index is -4.36. The summed E-state index contributed by atoms with van der Waals surface area (Å²) in [4.78, 5) is 29.0. The van der Waals surface area contributed by atoms with Gasteiger partial charge in [-0.05, 0) is 45.4 Å². The third-order valence-corrected chi connectivity index (χ3v) is 5.75. The second kappa shape index (κ2) is 9.76. The van der Waals surface area contributed by atoms with Gasteiger partial charge < -0.3 is 9.84 Å². The van der Waals surface area contributed by atoms with Gasteiger partial charge in [-0.1, -0.05) is 11.6 Å². The van der Waals surface area contributed by atoms with Gasteiger partial charge in [-0.3, -0.25) is 14.3 Å². The lowest BCUT2D eigenvalue weighted by Crippen LogP contribution is -2.28. The van der Waals surface area contributed by atoms with Gasteiger partial charge in [0.15, 0.2) is 23.1 Å². The Morgan fingerprint density at radius 1 is 1.03 bits per heavy atom. The molecule has 0 aliphatic carbocycles. The zero-order chi connectivity index (χ0) is 28.0. The van der Waals surface area contributed by atoms with Crippen LogP contribution < -0.4 is 10.3 Å². The highest BCUT2D eigenvalue weighted by Crippen LogP contribution is 2.35. The molecule has 0 saturated heterocycles. The molecule has 4 heterocycles. The highest BCUT2D eigenvalue weighted by molar-refractivity contribution is 6.31. The Morgan fingerprint density at radius 2 is 1.74 bits per heavy atom. The number of pyridine rings is 3. The Kier molecular flexibility index (Phi) is 6.97. The van der Waals surface area contributed by atoms with E-state index in [4.69, 9.17) is 11.6 Å². The van der Waals surface area contributed by atoms with Crippen molar-refractivity contribution >= 4 is 11.6 Å². The van der Waals surface area contributed by atoms with Gasteiger partial charge in [0, 0.05) is 30.2 Å². The van der Waals surface area contributed by atoms with Crippen molar-refractivity contribution in [3.63, 3.8) is 0 Å². The van der Waals surface area contributed by atoms with E-state index in [1.54, 1.807) is 19.1 Å². The van der Waals surface area contributed by atoms with Crippen molar-refractivity contribution in [1.82, 2.24) is 24.5 Å². The Labute approximate surface area is 218 Å². The van der Waals surface area contributed by atoms with E-state index in [0.29, 0.717) is 28.8 Å². The smallest absolute Gasteiger partial charge is 0.426 e. The third-order valence-electron chi connectivity index (χ3n) is 5.40. The number of aromatic nitrogens is 5. The standard InChI is InChI=1S/C25H20ClF4N5O3/c1-12-10-32-17(16-5-6-31-23(34-16)24(3,4)37)9-18(12)35-13(2)7-19(20(26)22(35)36)38-25(29,30)21-15(28)8-14(27)11-33-21/h5-11,37H,1-4H3. The van der Waals surface area contributed by atoms with E-state index in [-0.39, 0.29) is 17.6 Å². The van der Waals surface area contributed by atoms with Crippen LogP contribution in [0, 0.1) is 25.5 Å². The van der Waals surface area contributed by atoms with Crippen LogP contribution in [-0.4, -0.2) is 29.6 Å². The lowest BCUT2D eigenvalue weighted by Gasteiger charge is -2.20. The number of hydrogen-bond donors (Lipinski definition) is 1. The molecule has 8 nitrogen and oxygen atoms in total. The summed E-state index contributed by atoms with van der Waals surface area (Å²) in [6.45, 7) is 6.18. The number of alkyl halides is 2. The molecule has 0 fully saturated rings. The Balaban J connectivity index is 1.78. The SMILES string of the molecule is Cc1cnc(-c2ccnc(C(C)(C)O)n2)cc1-n1c(C)cc(OC(F)(F)c2ncc(F)cc2F)c(Cl)c1=O. The lowest BCUT2D eigenvalue weighted by molar-refractivity contribution is -0.190. The zero-order valence-electron chi connectivity index (χ0n) is 20.4. The molecule has 0 radical (unpaired) electrons. The van der Waals surface area contributed by atoms with E-state index in [2.05, 4.69) is 24.7 Å². The maximum Gasteiger partial charge on any atom is 0.447 e. The maximum absolute atomic E-state index is 14.7. The molecule has 0 amide bonds. The van der Waals surface area contributed by atoms with Crippen LogP contribution in [0.25, 0.3) is 17.1 Å². The van der Waals surface area contributed by atoms with Crippen molar-refractivity contribution < 1.29 is 27.4 Å². The van der Waals surface area contributed by atoms with Crippen molar-refractivity contribution in [3.05, 3.63) is 92.6 Å². The number of nitrogens with zero attached hydrogens (tertiary/aromatic N) is 5. The number of ether oxygens (including phenoxy) is 1. The molecule has 4 aromatic rings. The van der Waals surface area contributed by atoms with Crippen LogP contribution in [0.1, 0.15) is 36.6 Å². The molecule has 0 spiro atoms. The summed E-state index contributed by atoms with van der Waals surface area (Å²) in [7, 11) is 0. The Morgan fingerprint density at radius 3 is 2.39 bits per heavy atom. The third kappa shape index (κ3) is 5.22. The van der Waals surface area contributed by atoms with Crippen LogP contribution in [-0.2, 0) is 11.7 Å². The summed E-state index contributed by atoms with van der Waals surface area (Å²) in [5.41, 5.74) is -1.95. The first kappa shape index (κ1) is 27.1. The molecular weight excluding hydrogens is 530 g/mol. The minimum absolute atomic E-state index is 0.151. The summed E-state index contributed by atoms with van der Waals surface area (Å²) in [6, 6.07) is 4.43. The van der Waals surface area contributed by atoms with Gasteiger partial charge in [-0.2, -0.15) is 8.78 Å². The molecule has 13 heteroatoms. The van der Waals surface area contributed by atoms with E-state index in [9.17, 15) is 27.5 Å². The monoisotopic (exact) mass is 549 g/mol. The topological polar surface area (TPSA) is 103 Å². The molecule has 0 saturated carbocycles. The fourth-order valence-corrected chi connectivity index (χ4v) is 3.74. The van der Waals surface area contributed by atoms with Gasteiger partial charge >= 0.3 is 6.11 Å². The normalized spacial score (nSPS) is 12.1. The van der Waals surface area contributed by atoms with Gasteiger partial charge in [-0.15, -0.1) is 0 Å². The number of aliphatic hydroxyl groups is 1. The zero-order valence-corrected chi connectivity index (χ0v) is 21.2. The van der Waals surface area contributed by atoms with Crippen LogP contribution in [0.5, 0.6) is 5.75 Å². The van der Waals surface area contributed by atoms with Crippen LogP contribution >= 0.6 is 11.6 Å². The number of halogens is 5. The van der Waals surface area contributed by atoms with Crippen LogP contribution in [0.4, 0.5) is 17.6 Å². The fraction of sp³-hybridized carbons (Fsp3) is 0.240. The van der Waals surface area contributed by atoms with Crippen molar-refractivity contribution in [2.45, 2.75) is 39.4 Å². The highest BCUT2D eigenvalue weighted by Gasteiger charge is 2.41. The van der Waals surface area contributed by atoms with Gasteiger partial charge in [0.25, 0.3) is 5.56 Å². The number of rotatable bonds is 6. The second-order valence-electron chi connectivity index (χ2n) is 8.89. The number of aryl methyl sites for hydroxylation is 2. The Hall–Kier alpha value is -3.90. The predicted octanol–water partition coefficient (Wildman–Crippen LogP) is 4.99. The van der Waals surface area contributed by atoms with E-state index >= 15 is 0 Å². The molecule has 38 heavy (non-hydrogen) atoms. The van der Waals surface area contributed by atoms with E-state index in [1.807, 2.05) is 0 Å². The molecule has 0 bridgehead atoms. The van der Waals surface area contributed by atoms with Crippen molar-refractivity contribution in [1.29, 1.82) is 0 Å². The molecule has 0 aromatic carbocycles. The molecule has 1 N–H and O–H groups in total. The number of hydrogen-bond acceptors (Lipinski definition) is 7. The summed E-state index contributed by atoms with van der Waals surface area (Å²) in [5.74, 6) is -3.35. The fourth-order valence-electron chi connectivity index (χ4n) is 3.56. The molecule has 198 valence electrons. The second-order valence-corrected chi connectivity index (χ2v) is 9.27. The molecule has 4 aromatic heterocycles. The average Bonchev–Trinajstić information content (AvgIpc) is 2.82. The summed E-state index contributed by atoms with van der Waals surface area (Å²) in [6.07, 6.45) is -1.02. The van der Waals surface area contributed by atoms with Gasteiger partial charge in [0.05, 0.1) is 23.3 Å². The quantitative estimate of drug-likeness (QED) is 0.338. The van der Waals surface area contributed by atoms with Crippen LogP contribution in [0.3, 0.4) is 0 Å².